The van der Waals surface area contributed by atoms with E-state index < -0.39 is 36.5 Å². The average molecular weight is 421 g/mol. The number of ether oxygens (including phenoxy) is 3. The molecule has 1 aliphatic rings. The van der Waals surface area contributed by atoms with Gasteiger partial charge in [-0.05, 0) is 12.8 Å². The van der Waals surface area contributed by atoms with Gasteiger partial charge in [0, 0.05) is 26.8 Å². The molecule has 11 heteroatoms. The van der Waals surface area contributed by atoms with Crippen molar-refractivity contribution in [2.45, 2.75) is 78.0 Å². The summed E-state index contributed by atoms with van der Waals surface area (Å²) in [6.07, 6.45) is 0.197. The molecular weight excluding hydrogens is 394 g/mol. The Morgan fingerprint density at radius 2 is 2.07 bits per heavy atom. The Balaban J connectivity index is 2.09. The Labute approximate surface area is 173 Å². The van der Waals surface area contributed by atoms with Crippen LogP contribution in [-0.2, 0) is 30.3 Å². The fourth-order valence-electron chi connectivity index (χ4n) is 3.83. The molecule has 0 spiro atoms. The third-order valence-corrected chi connectivity index (χ3v) is 4.97. The molecule has 11 nitrogen and oxygen atoms in total. The molecule has 2 aromatic rings. The molecule has 3 heterocycles. The van der Waals surface area contributed by atoms with Crippen molar-refractivity contribution < 1.29 is 23.8 Å². The van der Waals surface area contributed by atoms with Crippen molar-refractivity contribution >= 4 is 29.1 Å². The number of carbonyl (C=O) groups excluding carboxylic acids is 2. The van der Waals surface area contributed by atoms with E-state index in [1.165, 1.54) is 24.6 Å². The van der Waals surface area contributed by atoms with Crippen molar-refractivity contribution in [2.24, 2.45) is 0 Å². The number of aryl methyl sites for hydroxylation is 1. The van der Waals surface area contributed by atoms with Crippen LogP contribution in [0.3, 0.4) is 0 Å². The van der Waals surface area contributed by atoms with Gasteiger partial charge in [-0.25, -0.2) is 14.3 Å². The number of esters is 2. The van der Waals surface area contributed by atoms with Gasteiger partial charge in [0.15, 0.2) is 11.9 Å². The maximum absolute atomic E-state index is 13.2. The molecule has 1 fully saturated rings. The molecule has 0 aliphatic carbocycles. The van der Waals surface area contributed by atoms with Crippen LogP contribution in [0.5, 0.6) is 0 Å². The van der Waals surface area contributed by atoms with Crippen LogP contribution in [0.4, 0.5) is 5.95 Å². The summed E-state index contributed by atoms with van der Waals surface area (Å²) in [5, 5.41) is 0. The summed E-state index contributed by atoms with van der Waals surface area (Å²) >= 11 is 0. The maximum Gasteiger partial charge on any atom is 0.332 e. The largest absolute Gasteiger partial charge is 0.460 e. The molecule has 0 amide bonds. The van der Waals surface area contributed by atoms with Crippen LogP contribution in [0.1, 0.15) is 53.2 Å². The normalized spacial score (nSPS) is 22.2. The van der Waals surface area contributed by atoms with Crippen molar-refractivity contribution in [3.63, 3.8) is 0 Å². The van der Waals surface area contributed by atoms with E-state index in [0.29, 0.717) is 24.1 Å². The van der Waals surface area contributed by atoms with Crippen molar-refractivity contribution in [3.8, 4) is 0 Å². The molecule has 164 valence electrons. The molecule has 1 aliphatic heterocycles. The van der Waals surface area contributed by atoms with Crippen molar-refractivity contribution in [3.05, 3.63) is 16.7 Å². The molecule has 0 bridgehead atoms. The Hall–Kier alpha value is -2.95. The highest BCUT2D eigenvalue weighted by Gasteiger charge is 2.44. The number of hydrogen-bond donors (Lipinski definition) is 1. The van der Waals surface area contributed by atoms with E-state index >= 15 is 0 Å². The van der Waals surface area contributed by atoms with Gasteiger partial charge in [0.25, 0.3) is 0 Å². The predicted octanol–water partition coefficient (Wildman–Crippen LogP) is 1.15. The van der Waals surface area contributed by atoms with E-state index in [2.05, 4.69) is 9.97 Å². The van der Waals surface area contributed by atoms with Gasteiger partial charge in [-0.2, -0.15) is 4.98 Å². The first-order valence-corrected chi connectivity index (χ1v) is 9.99. The molecule has 30 heavy (non-hydrogen) atoms. The van der Waals surface area contributed by atoms with Crippen LogP contribution in [-0.4, -0.2) is 49.4 Å². The summed E-state index contributed by atoms with van der Waals surface area (Å²) in [4.78, 5) is 44.7. The molecule has 1 saturated heterocycles. The van der Waals surface area contributed by atoms with Crippen LogP contribution >= 0.6 is 0 Å². The number of carbonyl (C=O) groups is 2. The summed E-state index contributed by atoms with van der Waals surface area (Å²) < 4.78 is 19.8. The number of nitrogens with two attached hydrogens (primary N) is 1. The first-order valence-electron chi connectivity index (χ1n) is 9.99. The number of nitrogens with zero attached hydrogens (tertiary/aromatic N) is 4. The van der Waals surface area contributed by atoms with Gasteiger partial charge in [0.1, 0.15) is 23.8 Å². The standard InChI is InChI=1S/C19H27N5O6/c1-5-7-23-12-9-21-18(20)22-16(12)24(19(23)27)17-15(29-11(4)26)8-14(30-17)13(6-2)28-10(3)25/h9,13-15,17H,5-8H2,1-4H3,(H2,20,21,22)/t13?,14-,15+,17+/m0/s1. The first kappa shape index (κ1) is 21.8. The van der Waals surface area contributed by atoms with Gasteiger partial charge >= 0.3 is 17.6 Å². The van der Waals surface area contributed by atoms with Gasteiger partial charge in [0.2, 0.25) is 5.95 Å². The van der Waals surface area contributed by atoms with Crippen LogP contribution in [0.15, 0.2) is 11.0 Å². The smallest absolute Gasteiger partial charge is 0.332 e. The lowest BCUT2D eigenvalue weighted by atomic mass is 10.1. The maximum atomic E-state index is 13.2. The predicted molar refractivity (Wildman–Crippen MR) is 106 cm³/mol. The highest BCUT2D eigenvalue weighted by atomic mass is 16.6. The summed E-state index contributed by atoms with van der Waals surface area (Å²) in [5.74, 6) is -0.931. The Kier molecular flexibility index (Phi) is 6.40. The van der Waals surface area contributed by atoms with Gasteiger partial charge in [-0.1, -0.05) is 13.8 Å². The van der Waals surface area contributed by atoms with E-state index in [1.54, 1.807) is 4.57 Å². The van der Waals surface area contributed by atoms with Gasteiger partial charge < -0.3 is 19.9 Å². The Morgan fingerprint density at radius 1 is 1.33 bits per heavy atom. The van der Waals surface area contributed by atoms with Gasteiger partial charge in [-0.15, -0.1) is 0 Å². The minimum atomic E-state index is -0.939. The SMILES string of the molecule is CCCn1c(=O)n([C@@H]2O[C@H](C(CC)OC(C)=O)C[C@H]2OC(C)=O)c2nc(N)ncc21. The zero-order valence-corrected chi connectivity index (χ0v) is 17.5. The third-order valence-electron chi connectivity index (χ3n) is 4.97. The lowest BCUT2D eigenvalue weighted by Gasteiger charge is -2.22. The van der Waals surface area contributed by atoms with Crippen molar-refractivity contribution in [1.82, 2.24) is 19.1 Å². The fourth-order valence-corrected chi connectivity index (χ4v) is 3.83. The number of rotatable bonds is 7. The summed E-state index contributed by atoms with van der Waals surface area (Å²) in [6, 6.07) is 0. The zero-order chi connectivity index (χ0) is 22.0. The van der Waals surface area contributed by atoms with Crippen molar-refractivity contribution in [1.29, 1.82) is 0 Å². The number of imidazole rings is 1. The highest BCUT2D eigenvalue weighted by Crippen LogP contribution is 2.35. The average Bonchev–Trinajstić information content (AvgIpc) is 3.18. The summed E-state index contributed by atoms with van der Waals surface area (Å²) in [7, 11) is 0. The minimum absolute atomic E-state index is 0.00910. The molecule has 2 N–H and O–H groups in total. The van der Waals surface area contributed by atoms with E-state index in [0.717, 1.165) is 6.42 Å². The van der Waals surface area contributed by atoms with Gasteiger partial charge in [0.05, 0.1) is 6.20 Å². The second-order valence-corrected chi connectivity index (χ2v) is 7.25. The molecule has 2 aromatic heterocycles. The van der Waals surface area contributed by atoms with Crippen LogP contribution in [0.25, 0.3) is 11.2 Å². The number of aromatic nitrogens is 4. The highest BCUT2D eigenvalue weighted by molar-refractivity contribution is 5.72. The summed E-state index contributed by atoms with van der Waals surface area (Å²) in [5.41, 5.74) is 6.20. The quantitative estimate of drug-likeness (QED) is 0.652. The second kappa shape index (κ2) is 8.82. The molecule has 3 rings (SSSR count). The van der Waals surface area contributed by atoms with Crippen LogP contribution < -0.4 is 11.4 Å². The molecule has 0 radical (unpaired) electrons. The summed E-state index contributed by atoms with van der Waals surface area (Å²) in [6.45, 7) is 6.87. The number of hydrogen-bond acceptors (Lipinski definition) is 9. The number of anilines is 1. The molecule has 0 aromatic carbocycles. The number of nitrogen functional groups attached to an aromatic ring is 1. The topological polar surface area (TPSA) is 141 Å². The lowest BCUT2D eigenvalue weighted by molar-refractivity contribution is -0.158. The molecule has 1 unspecified atom stereocenters. The van der Waals surface area contributed by atoms with E-state index in [4.69, 9.17) is 19.9 Å². The van der Waals surface area contributed by atoms with Crippen molar-refractivity contribution in [2.75, 3.05) is 5.73 Å². The first-order chi connectivity index (χ1) is 14.3. The molecule has 0 saturated carbocycles. The Morgan fingerprint density at radius 3 is 2.67 bits per heavy atom. The van der Waals surface area contributed by atoms with Crippen LogP contribution in [0, 0.1) is 0 Å². The lowest BCUT2D eigenvalue weighted by Crippen LogP contribution is -2.34. The van der Waals surface area contributed by atoms with E-state index in [9.17, 15) is 14.4 Å². The zero-order valence-electron chi connectivity index (χ0n) is 17.5. The second-order valence-electron chi connectivity index (χ2n) is 7.25. The number of fused-ring (bicyclic) bond motifs is 1. The van der Waals surface area contributed by atoms with Crippen LogP contribution in [0.2, 0.25) is 0 Å². The molecule has 4 atom stereocenters. The minimum Gasteiger partial charge on any atom is -0.460 e. The van der Waals surface area contributed by atoms with Gasteiger partial charge in [-0.3, -0.25) is 14.2 Å². The van der Waals surface area contributed by atoms with E-state index in [-0.39, 0.29) is 18.1 Å². The monoisotopic (exact) mass is 421 g/mol. The van der Waals surface area contributed by atoms with E-state index in [1.807, 2.05) is 13.8 Å². The Bertz CT molecular complexity index is 999. The fraction of sp³-hybridized carbons (Fsp3) is 0.632. The molecular formula is C19H27N5O6. The third kappa shape index (κ3) is 4.16.